The predicted molar refractivity (Wildman–Crippen MR) is 28.4 cm³/mol. The molecule has 3 heteroatoms. The smallest absolute Gasteiger partial charge is 0.0673 e. The standard InChI is InChI=1S/C4H12N2O/c1-4-7-6(3)5-2/h5H,4H2,1-3H3. The lowest BCUT2D eigenvalue weighted by Crippen LogP contribution is -2.30. The molecule has 0 unspecified atom stereocenters. The van der Waals surface area contributed by atoms with Crippen LogP contribution in [0, 0.1) is 0 Å². The van der Waals surface area contributed by atoms with Crippen LogP contribution in [0.2, 0.25) is 0 Å². The second-order valence-electron chi connectivity index (χ2n) is 1.14. The Bertz CT molecular complexity index is 40.7. The Hall–Kier alpha value is -0.120. The van der Waals surface area contributed by atoms with Gasteiger partial charge in [0.25, 0.3) is 0 Å². The maximum absolute atomic E-state index is 4.91. The summed E-state index contributed by atoms with van der Waals surface area (Å²) in [5, 5.41) is 1.56. The minimum absolute atomic E-state index is 0.706. The van der Waals surface area contributed by atoms with E-state index < -0.39 is 0 Å². The minimum Gasteiger partial charge on any atom is -0.285 e. The van der Waals surface area contributed by atoms with Crippen LogP contribution in [0.1, 0.15) is 6.92 Å². The van der Waals surface area contributed by atoms with Crippen LogP contribution in [0.3, 0.4) is 0 Å². The van der Waals surface area contributed by atoms with Crippen molar-refractivity contribution in [3.05, 3.63) is 0 Å². The summed E-state index contributed by atoms with van der Waals surface area (Å²) in [7, 11) is 3.61. The Morgan fingerprint density at radius 3 is 2.43 bits per heavy atom. The molecule has 3 nitrogen and oxygen atoms in total. The number of hydrogen-bond donors (Lipinski definition) is 1. The first-order valence-corrected chi connectivity index (χ1v) is 2.35. The number of hydroxylamine groups is 1. The van der Waals surface area contributed by atoms with E-state index in [-0.39, 0.29) is 0 Å². The molecule has 0 saturated carbocycles. The normalized spacial score (nSPS) is 10.3. The highest BCUT2D eigenvalue weighted by Gasteiger charge is 1.84. The summed E-state index contributed by atoms with van der Waals surface area (Å²) >= 11 is 0. The molecular formula is C4H12N2O. The molecular weight excluding hydrogens is 92.1 g/mol. The van der Waals surface area contributed by atoms with Crippen molar-refractivity contribution in [2.75, 3.05) is 20.7 Å². The highest BCUT2D eigenvalue weighted by molar-refractivity contribution is 4.09. The first kappa shape index (κ1) is 6.88. The summed E-state index contributed by atoms with van der Waals surface area (Å²) in [6, 6.07) is 0. The minimum atomic E-state index is 0.706. The molecule has 0 aromatic heterocycles. The zero-order chi connectivity index (χ0) is 5.70. The summed E-state index contributed by atoms with van der Waals surface area (Å²) in [5.74, 6) is 0. The van der Waals surface area contributed by atoms with Crippen LogP contribution in [-0.4, -0.2) is 25.9 Å². The molecule has 0 aromatic carbocycles. The van der Waals surface area contributed by atoms with Crippen molar-refractivity contribution in [1.29, 1.82) is 0 Å². The molecule has 0 heterocycles. The van der Waals surface area contributed by atoms with Gasteiger partial charge in [-0.05, 0) is 6.92 Å². The zero-order valence-corrected chi connectivity index (χ0v) is 5.06. The molecule has 0 saturated heterocycles. The van der Waals surface area contributed by atoms with Gasteiger partial charge >= 0.3 is 0 Å². The second-order valence-corrected chi connectivity index (χ2v) is 1.14. The fourth-order valence-corrected chi connectivity index (χ4v) is 0.258. The van der Waals surface area contributed by atoms with Crippen molar-refractivity contribution in [3.8, 4) is 0 Å². The van der Waals surface area contributed by atoms with E-state index in [0.29, 0.717) is 6.61 Å². The molecule has 0 fully saturated rings. The van der Waals surface area contributed by atoms with E-state index >= 15 is 0 Å². The summed E-state index contributed by atoms with van der Waals surface area (Å²) in [6.45, 7) is 2.64. The van der Waals surface area contributed by atoms with Crippen LogP contribution in [0.15, 0.2) is 0 Å². The largest absolute Gasteiger partial charge is 0.285 e. The van der Waals surface area contributed by atoms with Crippen LogP contribution in [0.25, 0.3) is 0 Å². The first-order valence-electron chi connectivity index (χ1n) is 2.35. The summed E-state index contributed by atoms with van der Waals surface area (Å²) in [4.78, 5) is 4.91. The van der Waals surface area contributed by atoms with Gasteiger partial charge in [0.2, 0.25) is 0 Å². The van der Waals surface area contributed by atoms with Gasteiger partial charge in [-0.1, -0.05) is 0 Å². The van der Waals surface area contributed by atoms with Crippen molar-refractivity contribution in [1.82, 2.24) is 10.6 Å². The molecule has 0 amide bonds. The molecule has 7 heavy (non-hydrogen) atoms. The highest BCUT2D eigenvalue weighted by Crippen LogP contribution is 1.72. The SMILES string of the molecule is CCON(C)NC. The van der Waals surface area contributed by atoms with E-state index in [1.54, 1.807) is 12.2 Å². The fraction of sp³-hybridized carbons (Fsp3) is 1.00. The lowest BCUT2D eigenvalue weighted by atomic mass is 10.9. The van der Waals surface area contributed by atoms with Crippen molar-refractivity contribution >= 4 is 0 Å². The summed E-state index contributed by atoms with van der Waals surface area (Å²) in [6.07, 6.45) is 0. The van der Waals surface area contributed by atoms with Crippen LogP contribution in [0.4, 0.5) is 0 Å². The van der Waals surface area contributed by atoms with Gasteiger partial charge in [-0.15, -0.1) is 5.17 Å². The Balaban J connectivity index is 2.83. The predicted octanol–water partition coefficient (Wildman–Crippen LogP) is 0.00410. The van der Waals surface area contributed by atoms with Crippen molar-refractivity contribution in [2.45, 2.75) is 6.92 Å². The van der Waals surface area contributed by atoms with Crippen LogP contribution in [-0.2, 0) is 4.84 Å². The average Bonchev–Trinajstić information content (AvgIpc) is 1.68. The van der Waals surface area contributed by atoms with Gasteiger partial charge in [-0.3, -0.25) is 4.84 Å². The number of rotatable bonds is 3. The van der Waals surface area contributed by atoms with Crippen LogP contribution < -0.4 is 5.43 Å². The summed E-state index contributed by atoms with van der Waals surface area (Å²) in [5.41, 5.74) is 2.78. The quantitative estimate of drug-likeness (QED) is 0.510. The maximum atomic E-state index is 4.91. The number of nitrogens with one attached hydrogen (secondary N) is 1. The maximum Gasteiger partial charge on any atom is 0.0673 e. The van der Waals surface area contributed by atoms with E-state index in [1.807, 2.05) is 14.0 Å². The van der Waals surface area contributed by atoms with Gasteiger partial charge in [0.15, 0.2) is 0 Å². The monoisotopic (exact) mass is 104 g/mol. The second kappa shape index (κ2) is 4.05. The topological polar surface area (TPSA) is 24.5 Å². The van der Waals surface area contributed by atoms with Gasteiger partial charge in [0.1, 0.15) is 0 Å². The molecule has 44 valence electrons. The molecule has 0 aromatic rings. The number of hydrogen-bond acceptors (Lipinski definition) is 3. The third-order valence-corrected chi connectivity index (χ3v) is 0.638. The Morgan fingerprint density at radius 2 is 2.29 bits per heavy atom. The van der Waals surface area contributed by atoms with Gasteiger partial charge in [0, 0.05) is 14.1 Å². The van der Waals surface area contributed by atoms with Crippen molar-refractivity contribution < 1.29 is 4.84 Å². The third kappa shape index (κ3) is 3.72. The Labute approximate surface area is 44.2 Å². The lowest BCUT2D eigenvalue weighted by Gasteiger charge is -2.11. The van der Waals surface area contributed by atoms with Gasteiger partial charge in [0.05, 0.1) is 6.61 Å². The van der Waals surface area contributed by atoms with Crippen LogP contribution in [0.5, 0.6) is 0 Å². The molecule has 0 aliphatic carbocycles. The molecule has 0 spiro atoms. The molecule has 1 N–H and O–H groups in total. The van der Waals surface area contributed by atoms with E-state index in [9.17, 15) is 0 Å². The van der Waals surface area contributed by atoms with E-state index in [0.717, 1.165) is 0 Å². The number of nitrogens with zero attached hydrogens (tertiary/aromatic N) is 1. The van der Waals surface area contributed by atoms with Gasteiger partial charge < -0.3 is 0 Å². The summed E-state index contributed by atoms with van der Waals surface area (Å²) < 4.78 is 0. The Kier molecular flexibility index (Phi) is 3.98. The van der Waals surface area contributed by atoms with Crippen molar-refractivity contribution in [2.24, 2.45) is 0 Å². The molecule has 0 radical (unpaired) electrons. The highest BCUT2D eigenvalue weighted by atomic mass is 16.7. The van der Waals surface area contributed by atoms with Gasteiger partial charge in [-0.25, -0.2) is 5.43 Å². The number of hydrazine groups is 1. The third-order valence-electron chi connectivity index (χ3n) is 0.638. The molecule has 0 aliphatic heterocycles. The average molecular weight is 104 g/mol. The molecule has 0 atom stereocenters. The van der Waals surface area contributed by atoms with Crippen LogP contribution >= 0.6 is 0 Å². The molecule has 0 bridgehead atoms. The Morgan fingerprint density at radius 1 is 1.71 bits per heavy atom. The van der Waals surface area contributed by atoms with E-state index in [4.69, 9.17) is 4.84 Å². The zero-order valence-electron chi connectivity index (χ0n) is 5.06. The van der Waals surface area contributed by atoms with E-state index in [1.165, 1.54) is 0 Å². The fourth-order valence-electron chi connectivity index (χ4n) is 0.258. The lowest BCUT2D eigenvalue weighted by molar-refractivity contribution is -0.166. The first-order chi connectivity index (χ1) is 3.31. The molecule has 0 aliphatic rings. The van der Waals surface area contributed by atoms with Gasteiger partial charge in [-0.2, -0.15) is 0 Å². The van der Waals surface area contributed by atoms with Crippen molar-refractivity contribution in [3.63, 3.8) is 0 Å². The van der Waals surface area contributed by atoms with E-state index in [2.05, 4.69) is 5.43 Å². The molecule has 0 rings (SSSR count).